The van der Waals surface area contributed by atoms with Crippen molar-refractivity contribution in [1.82, 2.24) is 4.98 Å². The van der Waals surface area contributed by atoms with E-state index in [1.54, 1.807) is 42.6 Å². The van der Waals surface area contributed by atoms with Crippen molar-refractivity contribution < 1.29 is 4.79 Å². The van der Waals surface area contributed by atoms with Gasteiger partial charge < -0.3 is 0 Å². The number of ketones is 1. The van der Waals surface area contributed by atoms with Crippen LogP contribution in [0.4, 0.5) is 0 Å². The molecule has 0 saturated heterocycles. The maximum absolute atomic E-state index is 12.1. The van der Waals surface area contributed by atoms with Gasteiger partial charge in [0.2, 0.25) is 5.78 Å². The van der Waals surface area contributed by atoms with Gasteiger partial charge in [0.05, 0.1) is 0 Å². The van der Waals surface area contributed by atoms with Gasteiger partial charge in [0.1, 0.15) is 5.69 Å². The molecular weight excluding hydrogens is 289 g/mol. The van der Waals surface area contributed by atoms with Gasteiger partial charge in [-0.05, 0) is 40.2 Å². The lowest BCUT2D eigenvalue weighted by Crippen LogP contribution is -2.04. The highest BCUT2D eigenvalue weighted by atomic mass is 79.9. The van der Waals surface area contributed by atoms with Crippen LogP contribution >= 0.6 is 27.5 Å². The molecule has 1 heterocycles. The Balaban J connectivity index is 2.44. The normalized spacial score (nSPS) is 10.1. The first kappa shape index (κ1) is 11.3. The van der Waals surface area contributed by atoms with Gasteiger partial charge in [0.25, 0.3) is 0 Å². The number of halogens is 2. The Labute approximate surface area is 106 Å². The summed E-state index contributed by atoms with van der Waals surface area (Å²) < 4.78 is 0.681. The summed E-state index contributed by atoms with van der Waals surface area (Å²) in [6.45, 7) is 0. The molecule has 0 aliphatic carbocycles. The van der Waals surface area contributed by atoms with Crippen LogP contribution in [0.25, 0.3) is 0 Å². The second kappa shape index (κ2) is 4.76. The number of pyridine rings is 1. The third-order valence-corrected chi connectivity index (χ3v) is 2.94. The number of aromatic nitrogens is 1. The third kappa shape index (κ3) is 2.31. The molecule has 1 aromatic heterocycles. The summed E-state index contributed by atoms with van der Waals surface area (Å²) in [4.78, 5) is 16.1. The standard InChI is InChI=1S/C12H7BrClNO/c13-10-5-2-6-15-11(10)12(16)8-3-1-4-9(14)7-8/h1-7H. The highest BCUT2D eigenvalue weighted by Crippen LogP contribution is 2.19. The highest BCUT2D eigenvalue weighted by molar-refractivity contribution is 9.10. The molecule has 4 heteroatoms. The lowest BCUT2D eigenvalue weighted by molar-refractivity contribution is 0.103. The molecule has 2 nitrogen and oxygen atoms in total. The molecule has 0 amide bonds. The maximum Gasteiger partial charge on any atom is 0.212 e. The van der Waals surface area contributed by atoms with Crippen molar-refractivity contribution in [2.24, 2.45) is 0 Å². The van der Waals surface area contributed by atoms with E-state index in [1.807, 2.05) is 0 Å². The molecule has 0 aliphatic rings. The number of hydrogen-bond donors (Lipinski definition) is 0. The van der Waals surface area contributed by atoms with Crippen molar-refractivity contribution >= 4 is 33.3 Å². The molecule has 2 aromatic rings. The van der Waals surface area contributed by atoms with E-state index in [1.165, 1.54) is 0 Å². The summed E-state index contributed by atoms with van der Waals surface area (Å²) in [5.74, 6) is -0.144. The predicted molar refractivity (Wildman–Crippen MR) is 66.8 cm³/mol. The summed E-state index contributed by atoms with van der Waals surface area (Å²) in [7, 11) is 0. The zero-order valence-corrected chi connectivity index (χ0v) is 10.5. The fourth-order valence-corrected chi connectivity index (χ4v) is 1.94. The second-order valence-electron chi connectivity index (χ2n) is 3.17. The average molecular weight is 297 g/mol. The van der Waals surface area contributed by atoms with E-state index in [2.05, 4.69) is 20.9 Å². The van der Waals surface area contributed by atoms with Crippen LogP contribution in [-0.2, 0) is 0 Å². The molecule has 0 bridgehead atoms. The smallest absolute Gasteiger partial charge is 0.212 e. The summed E-state index contributed by atoms with van der Waals surface area (Å²) >= 11 is 9.13. The van der Waals surface area contributed by atoms with Gasteiger partial charge in [-0.15, -0.1) is 0 Å². The molecule has 0 saturated carbocycles. The Morgan fingerprint density at radius 3 is 2.75 bits per heavy atom. The van der Waals surface area contributed by atoms with Crippen LogP contribution in [0.1, 0.15) is 16.1 Å². The molecule has 0 unspecified atom stereocenters. The van der Waals surface area contributed by atoms with Crippen LogP contribution in [0.15, 0.2) is 47.1 Å². The van der Waals surface area contributed by atoms with Crippen molar-refractivity contribution in [2.75, 3.05) is 0 Å². The SMILES string of the molecule is O=C(c1cccc(Cl)c1)c1ncccc1Br. The lowest BCUT2D eigenvalue weighted by atomic mass is 10.1. The van der Waals surface area contributed by atoms with Crippen molar-refractivity contribution in [2.45, 2.75) is 0 Å². The molecule has 0 N–H and O–H groups in total. The van der Waals surface area contributed by atoms with E-state index in [4.69, 9.17) is 11.6 Å². The maximum atomic E-state index is 12.1. The van der Waals surface area contributed by atoms with Crippen molar-refractivity contribution in [3.8, 4) is 0 Å². The molecular formula is C12H7BrClNO. The molecule has 16 heavy (non-hydrogen) atoms. The molecule has 0 spiro atoms. The predicted octanol–water partition coefficient (Wildman–Crippen LogP) is 3.73. The van der Waals surface area contributed by atoms with Gasteiger partial charge >= 0.3 is 0 Å². The van der Waals surface area contributed by atoms with Gasteiger partial charge in [-0.25, -0.2) is 0 Å². The minimum Gasteiger partial charge on any atom is -0.287 e. The van der Waals surface area contributed by atoms with Gasteiger partial charge in [-0.3, -0.25) is 9.78 Å². The van der Waals surface area contributed by atoms with Gasteiger partial charge in [0.15, 0.2) is 0 Å². The second-order valence-corrected chi connectivity index (χ2v) is 4.46. The van der Waals surface area contributed by atoms with Gasteiger partial charge in [-0.2, -0.15) is 0 Å². The molecule has 80 valence electrons. The quantitative estimate of drug-likeness (QED) is 0.790. The largest absolute Gasteiger partial charge is 0.287 e. The first-order valence-corrected chi connectivity index (χ1v) is 5.76. The fraction of sp³-hybridized carbons (Fsp3) is 0. The van der Waals surface area contributed by atoms with Crippen LogP contribution in [0, 0.1) is 0 Å². The first-order chi connectivity index (χ1) is 7.68. The summed E-state index contributed by atoms with van der Waals surface area (Å²) in [5.41, 5.74) is 0.927. The van der Waals surface area contributed by atoms with Crippen molar-refractivity contribution in [1.29, 1.82) is 0 Å². The van der Waals surface area contributed by atoms with E-state index >= 15 is 0 Å². The number of rotatable bonds is 2. The minimum atomic E-state index is -0.144. The lowest BCUT2D eigenvalue weighted by Gasteiger charge is -2.02. The Kier molecular flexibility index (Phi) is 3.36. The summed E-state index contributed by atoms with van der Waals surface area (Å²) in [6.07, 6.45) is 1.59. The number of benzene rings is 1. The zero-order chi connectivity index (χ0) is 11.5. The Morgan fingerprint density at radius 2 is 2.06 bits per heavy atom. The Bertz CT molecular complexity index is 542. The van der Waals surface area contributed by atoms with Gasteiger partial charge in [0, 0.05) is 21.3 Å². The third-order valence-electron chi connectivity index (χ3n) is 2.06. The van der Waals surface area contributed by atoms with E-state index in [0.29, 0.717) is 20.8 Å². The zero-order valence-electron chi connectivity index (χ0n) is 8.15. The van der Waals surface area contributed by atoms with E-state index in [-0.39, 0.29) is 5.78 Å². The fourth-order valence-electron chi connectivity index (χ4n) is 1.32. The number of carbonyl (C=O) groups is 1. The van der Waals surface area contributed by atoms with E-state index in [0.717, 1.165) is 0 Å². The minimum absolute atomic E-state index is 0.144. The molecule has 2 rings (SSSR count). The van der Waals surface area contributed by atoms with Crippen LogP contribution < -0.4 is 0 Å². The average Bonchev–Trinajstić information content (AvgIpc) is 2.29. The van der Waals surface area contributed by atoms with Crippen molar-refractivity contribution in [3.63, 3.8) is 0 Å². The molecule has 0 atom stereocenters. The highest BCUT2D eigenvalue weighted by Gasteiger charge is 2.13. The monoisotopic (exact) mass is 295 g/mol. The first-order valence-electron chi connectivity index (χ1n) is 4.59. The summed E-state index contributed by atoms with van der Waals surface area (Å²) in [5, 5.41) is 0.540. The van der Waals surface area contributed by atoms with Crippen molar-refractivity contribution in [3.05, 3.63) is 63.3 Å². The Hall–Kier alpha value is -1.19. The van der Waals surface area contributed by atoms with E-state index in [9.17, 15) is 4.79 Å². The molecule has 0 radical (unpaired) electrons. The van der Waals surface area contributed by atoms with Crippen LogP contribution in [0.5, 0.6) is 0 Å². The number of carbonyl (C=O) groups excluding carboxylic acids is 1. The van der Waals surface area contributed by atoms with Crippen LogP contribution in [0.2, 0.25) is 5.02 Å². The Morgan fingerprint density at radius 1 is 1.25 bits per heavy atom. The molecule has 1 aromatic carbocycles. The summed E-state index contributed by atoms with van der Waals surface area (Å²) in [6, 6.07) is 10.4. The van der Waals surface area contributed by atoms with Gasteiger partial charge in [-0.1, -0.05) is 23.7 Å². The molecule has 0 fully saturated rings. The van der Waals surface area contributed by atoms with Crippen LogP contribution in [-0.4, -0.2) is 10.8 Å². The number of nitrogens with zero attached hydrogens (tertiary/aromatic N) is 1. The van der Waals surface area contributed by atoms with E-state index < -0.39 is 0 Å². The van der Waals surface area contributed by atoms with Crippen LogP contribution in [0.3, 0.4) is 0 Å². The topological polar surface area (TPSA) is 30.0 Å². The molecule has 0 aliphatic heterocycles. The number of hydrogen-bond acceptors (Lipinski definition) is 2.